The lowest BCUT2D eigenvalue weighted by atomic mass is 9.84. The van der Waals surface area contributed by atoms with Gasteiger partial charge in [-0.25, -0.2) is 27.6 Å². The highest BCUT2D eigenvalue weighted by molar-refractivity contribution is 7.92. The summed E-state index contributed by atoms with van der Waals surface area (Å²) >= 11 is 1.56. The Bertz CT molecular complexity index is 3110. The van der Waals surface area contributed by atoms with Gasteiger partial charge in [-0.3, -0.25) is 29.1 Å². The number of hydrogen-bond acceptors (Lipinski definition) is 16. The number of carbonyl (C=O) groups is 4. The third-order valence-electron chi connectivity index (χ3n) is 12.8. The number of halogens is 1. The van der Waals surface area contributed by atoms with Crippen LogP contribution >= 0.6 is 11.3 Å². The molecule has 3 amide bonds. The quantitative estimate of drug-likeness (QED) is 0.0244. The molecule has 1 saturated heterocycles. The maximum absolute atomic E-state index is 13.6. The Labute approximate surface area is 444 Å². The molecule has 1 aliphatic heterocycles. The molecule has 0 spiro atoms. The maximum Gasteiger partial charge on any atom is 0.339 e. The minimum Gasteiger partial charge on any atom is -0.484 e. The van der Waals surface area contributed by atoms with Crippen molar-refractivity contribution in [1.82, 2.24) is 35.7 Å². The van der Waals surface area contributed by atoms with E-state index in [1.165, 1.54) is 54.4 Å². The van der Waals surface area contributed by atoms with Crippen LogP contribution in [0.4, 0.5) is 21.7 Å². The summed E-state index contributed by atoms with van der Waals surface area (Å²) < 4.78 is 52.9. The van der Waals surface area contributed by atoms with Crippen LogP contribution in [-0.4, -0.2) is 111 Å². The standard InChI is InChI=1S/C53H63FN10O10S2/c1-7-76(71,72)63-39-21-17-35(24-41(39)74-31(3)33-15-19-37(54)20-16-33)45-44(48(55)67)49(62-61-45)59-42-22-18-36(27-56-42)52(70)73-23-9-8-10-43(66)60-47(53(4,5)6)51(69)64-28-38(65)25-40(64)50(68)57-26-32-11-13-34(14-12-32)46-30(2)58-29-75-46/h11-22,24,27,29,31,38,40,47,51,63,65,69H,7-10,23,25-26,28H2,1-6H3,(H2,55,67)(H,57,68)(H,60,66)(H2,56,59,61,62)/t31-,38+,40-,47+,51?/m0/s1. The van der Waals surface area contributed by atoms with Crippen LogP contribution in [0.3, 0.4) is 0 Å². The predicted molar refractivity (Wildman–Crippen MR) is 285 cm³/mol. The van der Waals surface area contributed by atoms with Crippen LogP contribution in [0, 0.1) is 18.2 Å². The number of unbranched alkanes of at least 4 members (excludes halogenated alkanes) is 1. The molecule has 3 aromatic heterocycles. The van der Waals surface area contributed by atoms with Crippen molar-refractivity contribution in [1.29, 1.82) is 0 Å². The number of ether oxygens (including phenoxy) is 2. The highest BCUT2D eigenvalue weighted by atomic mass is 32.2. The first-order valence-electron chi connectivity index (χ1n) is 24.6. The molecule has 20 nitrogen and oxygen atoms in total. The number of aromatic amines is 1. The first-order valence-corrected chi connectivity index (χ1v) is 27.2. The molecule has 23 heteroatoms. The number of aliphatic hydroxyl groups excluding tert-OH is 2. The fourth-order valence-corrected chi connectivity index (χ4v) is 10.0. The van der Waals surface area contributed by atoms with Gasteiger partial charge in [0, 0.05) is 31.3 Å². The summed E-state index contributed by atoms with van der Waals surface area (Å²) in [5.74, 6) is -2.54. The molecule has 1 aliphatic rings. The first-order chi connectivity index (χ1) is 36.1. The van der Waals surface area contributed by atoms with E-state index >= 15 is 0 Å². The maximum atomic E-state index is 13.6. The molecule has 5 atom stereocenters. The number of benzene rings is 3. The van der Waals surface area contributed by atoms with Gasteiger partial charge in [-0.1, -0.05) is 63.2 Å². The number of likely N-dealkylation sites (tertiary alicyclic amines) is 1. The number of primary amides is 1. The van der Waals surface area contributed by atoms with E-state index in [2.05, 4.69) is 40.8 Å². The Kier molecular flexibility index (Phi) is 18.2. The van der Waals surface area contributed by atoms with Crippen LogP contribution in [0.1, 0.15) is 104 Å². The van der Waals surface area contributed by atoms with Crippen LogP contribution in [0.2, 0.25) is 0 Å². The summed E-state index contributed by atoms with van der Waals surface area (Å²) in [6.45, 7) is 11.0. The number of carbonyl (C=O) groups excluding carboxylic acids is 4. The molecule has 0 bridgehead atoms. The Morgan fingerprint density at radius 1 is 1.00 bits per heavy atom. The molecule has 6 aromatic rings. The van der Waals surface area contributed by atoms with Crippen molar-refractivity contribution in [3.05, 3.63) is 124 Å². The smallest absolute Gasteiger partial charge is 0.339 e. The summed E-state index contributed by atoms with van der Waals surface area (Å²) in [4.78, 5) is 63.9. The summed E-state index contributed by atoms with van der Waals surface area (Å²) in [6, 6.07) is 19.3. The van der Waals surface area contributed by atoms with Crippen molar-refractivity contribution in [3.63, 3.8) is 0 Å². The van der Waals surface area contributed by atoms with Crippen LogP contribution in [-0.2, 0) is 30.9 Å². The number of aryl methyl sites for hydroxylation is 1. The Balaban J connectivity index is 0.897. The van der Waals surface area contributed by atoms with E-state index in [0.717, 1.165) is 21.7 Å². The zero-order valence-electron chi connectivity index (χ0n) is 42.9. The van der Waals surface area contributed by atoms with Crippen molar-refractivity contribution >= 4 is 62.4 Å². The number of rotatable bonds is 23. The summed E-state index contributed by atoms with van der Waals surface area (Å²) in [7, 11) is -3.73. The monoisotopic (exact) mass is 1080 g/mol. The molecule has 76 heavy (non-hydrogen) atoms. The highest BCUT2D eigenvalue weighted by Gasteiger charge is 2.45. The van der Waals surface area contributed by atoms with Gasteiger partial charge in [0.25, 0.3) is 5.91 Å². The average Bonchev–Trinajstić information content (AvgIpc) is 4.13. The third-order valence-corrected chi connectivity index (χ3v) is 15.1. The lowest BCUT2D eigenvalue weighted by Crippen LogP contribution is -2.60. The molecule has 0 saturated carbocycles. The lowest BCUT2D eigenvalue weighted by molar-refractivity contribution is -0.135. The van der Waals surface area contributed by atoms with Crippen molar-refractivity contribution in [2.24, 2.45) is 11.1 Å². The minimum atomic E-state index is -3.73. The summed E-state index contributed by atoms with van der Waals surface area (Å²) in [5, 5.41) is 38.2. The molecule has 0 radical (unpaired) electrons. The molecular formula is C53H63FN10O10S2. The van der Waals surface area contributed by atoms with Crippen molar-refractivity contribution < 1.29 is 51.7 Å². The van der Waals surface area contributed by atoms with Gasteiger partial charge in [0.15, 0.2) is 5.82 Å². The van der Waals surface area contributed by atoms with E-state index in [-0.39, 0.29) is 90.0 Å². The largest absolute Gasteiger partial charge is 0.484 e. The molecule has 1 unspecified atom stereocenters. The molecule has 9 N–H and O–H groups in total. The number of esters is 1. The minimum absolute atomic E-state index is 0.00277. The fraction of sp³-hybridized carbons (Fsp3) is 0.377. The van der Waals surface area contributed by atoms with Crippen molar-refractivity contribution in [3.8, 4) is 27.4 Å². The number of anilines is 3. The molecule has 3 aromatic carbocycles. The number of hydrogen-bond donors (Lipinski definition) is 8. The van der Waals surface area contributed by atoms with E-state index < -0.39 is 63.7 Å². The molecular weight excluding hydrogens is 1020 g/mol. The van der Waals surface area contributed by atoms with Gasteiger partial charge in [-0.15, -0.1) is 11.3 Å². The second kappa shape index (κ2) is 24.6. The van der Waals surface area contributed by atoms with Gasteiger partial charge in [0.05, 0.1) is 63.6 Å². The van der Waals surface area contributed by atoms with Crippen LogP contribution < -0.4 is 31.1 Å². The zero-order chi connectivity index (χ0) is 54.9. The number of thiazole rings is 1. The number of sulfonamides is 1. The van der Waals surface area contributed by atoms with Crippen LogP contribution in [0.15, 0.2) is 90.6 Å². The van der Waals surface area contributed by atoms with Gasteiger partial charge in [-0.2, -0.15) is 5.10 Å². The fourth-order valence-electron chi connectivity index (χ4n) is 8.54. The second-order valence-corrected chi connectivity index (χ2v) is 22.3. The number of β-amino-alcohol motifs (C(OH)–C–C–N with tert-alkyl or cyclic N) is 1. The van der Waals surface area contributed by atoms with E-state index in [1.807, 2.05) is 52.0 Å². The molecule has 1 fully saturated rings. The highest BCUT2D eigenvalue weighted by Crippen LogP contribution is 2.37. The average molecular weight is 1080 g/mol. The van der Waals surface area contributed by atoms with E-state index in [0.29, 0.717) is 24.0 Å². The number of nitrogens with zero attached hydrogens (tertiary/aromatic N) is 4. The van der Waals surface area contributed by atoms with Crippen LogP contribution in [0.25, 0.3) is 21.7 Å². The number of nitrogens with two attached hydrogens (primary N) is 1. The van der Waals surface area contributed by atoms with Crippen molar-refractivity contribution in [2.75, 3.05) is 28.9 Å². The number of amides is 3. The summed E-state index contributed by atoms with van der Waals surface area (Å²) in [5.41, 5.74) is 11.2. The SMILES string of the molecule is CCS(=O)(=O)Nc1ccc(-c2[nH]nc(Nc3ccc(C(=O)OCCCCC(=O)N[C@H](C(O)N4C[C@H](O)C[C@H]4C(=O)NCc4ccc(-c5scnc5C)cc4)C(C)(C)C)cn3)c2C(N)=O)cc1O[C@@H](C)c1ccc(F)cc1. The van der Waals surface area contributed by atoms with Gasteiger partial charge < -0.3 is 41.4 Å². The van der Waals surface area contributed by atoms with E-state index in [4.69, 9.17) is 15.2 Å². The van der Waals surface area contributed by atoms with Gasteiger partial charge in [0.2, 0.25) is 21.8 Å². The first kappa shape index (κ1) is 56.4. The third kappa shape index (κ3) is 14.3. The Morgan fingerprint density at radius 3 is 2.37 bits per heavy atom. The lowest BCUT2D eigenvalue weighted by Gasteiger charge is -2.40. The molecule has 0 aliphatic carbocycles. The zero-order valence-corrected chi connectivity index (χ0v) is 44.6. The number of aromatic nitrogens is 4. The van der Waals surface area contributed by atoms with Crippen LogP contribution in [0.5, 0.6) is 5.75 Å². The van der Waals surface area contributed by atoms with Gasteiger partial charge in [0.1, 0.15) is 35.3 Å². The molecule has 404 valence electrons. The number of aliphatic hydroxyl groups is 2. The van der Waals surface area contributed by atoms with E-state index in [1.54, 1.807) is 42.0 Å². The number of pyridine rings is 1. The Morgan fingerprint density at radius 2 is 1.72 bits per heavy atom. The normalized spacial score (nSPS) is 16.1. The number of nitrogens with one attached hydrogen (secondary N) is 5. The van der Waals surface area contributed by atoms with E-state index in [9.17, 15) is 42.2 Å². The molecule has 7 rings (SSSR count). The predicted octanol–water partition coefficient (Wildman–Crippen LogP) is 6.71. The summed E-state index contributed by atoms with van der Waals surface area (Å²) in [6.07, 6.45) is -0.647. The second-order valence-electron chi connectivity index (χ2n) is 19.5. The number of H-pyrrole nitrogens is 1. The van der Waals surface area contributed by atoms with Gasteiger partial charge in [-0.05, 0) is 98.5 Å². The Hall–Kier alpha value is -7.31. The molecule has 4 heterocycles. The van der Waals surface area contributed by atoms with Gasteiger partial charge >= 0.3 is 5.97 Å². The van der Waals surface area contributed by atoms with Crippen molar-refractivity contribution in [2.45, 2.75) is 104 Å². The topological polar surface area (TPSA) is 293 Å².